The number of nitrogens with zero attached hydrogens (tertiary/aromatic N) is 5. The van der Waals surface area contributed by atoms with Crippen molar-refractivity contribution in [3.05, 3.63) is 93.8 Å². The van der Waals surface area contributed by atoms with Gasteiger partial charge in [-0.3, -0.25) is 48.1 Å². The molecule has 5 amide bonds. The first-order chi connectivity index (χ1) is 30.0. The molecule has 1 saturated heterocycles. The summed E-state index contributed by atoms with van der Waals surface area (Å²) in [6.45, 7) is 1.40. The van der Waals surface area contributed by atoms with Gasteiger partial charge in [-0.2, -0.15) is 0 Å². The molecule has 2 aromatic heterocycles. The largest absolute Gasteiger partial charge is 0.485 e. The molecule has 330 valence electrons. The lowest BCUT2D eigenvalue weighted by atomic mass is 10.0. The number of carbonyl (C=O) groups excluding carboxylic acids is 6. The first kappa shape index (κ1) is 44.0. The number of sulfone groups is 1. The Hall–Kier alpha value is -7.09. The molecular formula is C43H45N7O12S. The van der Waals surface area contributed by atoms with Gasteiger partial charge in [0, 0.05) is 64.4 Å². The van der Waals surface area contributed by atoms with Crippen LogP contribution in [0.2, 0.25) is 0 Å². The van der Waals surface area contributed by atoms with E-state index in [-0.39, 0.29) is 77.5 Å². The minimum atomic E-state index is -3.91. The first-order valence-electron chi connectivity index (χ1n) is 20.1. The van der Waals surface area contributed by atoms with Gasteiger partial charge in [-0.1, -0.05) is 18.6 Å². The fourth-order valence-electron chi connectivity index (χ4n) is 7.37. The molecule has 2 N–H and O–H groups in total. The molecule has 7 rings (SSSR count). The van der Waals surface area contributed by atoms with Crippen molar-refractivity contribution < 1.29 is 51.4 Å². The molecule has 3 aromatic carbocycles. The highest BCUT2D eigenvalue weighted by Crippen LogP contribution is 2.35. The lowest BCUT2D eigenvalue weighted by Gasteiger charge is -2.27. The Morgan fingerprint density at radius 3 is 2.32 bits per heavy atom. The number of hydrogen-bond donors (Lipinski definition) is 2. The average molecular weight is 884 g/mol. The maximum atomic E-state index is 13.5. The molecule has 1 atom stereocenters. The number of aryl methyl sites for hydroxylation is 4. The minimum absolute atomic E-state index is 0.00805. The van der Waals surface area contributed by atoms with Crippen LogP contribution in [-0.4, -0.2) is 93.1 Å². The number of aromatic nitrogens is 4. The number of nitrogens with one attached hydrogen (secondary N) is 2. The van der Waals surface area contributed by atoms with E-state index in [1.807, 2.05) is 0 Å². The SMILES string of the molecule is Cc1nc(S(=O)(=O)Cc2cc3c(cc2Oc2cccc(OCC(=O)NCCCCCC(=O)COc4cccc5c4C(=O)N(C4CCC(=O)NC4=O)C5=O)c2)n(C)c(=O)n3C)cn1C. The van der Waals surface area contributed by atoms with Crippen LogP contribution in [-0.2, 0) is 55.9 Å². The van der Waals surface area contributed by atoms with Crippen molar-refractivity contribution in [1.29, 1.82) is 0 Å². The van der Waals surface area contributed by atoms with Crippen molar-refractivity contribution in [1.82, 2.24) is 34.2 Å². The first-order valence-corrected chi connectivity index (χ1v) is 21.7. The molecule has 2 aliphatic heterocycles. The summed E-state index contributed by atoms with van der Waals surface area (Å²) in [4.78, 5) is 93.3. The number of rotatable bonds is 18. The van der Waals surface area contributed by atoms with Crippen LogP contribution in [0.3, 0.4) is 0 Å². The highest BCUT2D eigenvalue weighted by Gasteiger charge is 2.46. The van der Waals surface area contributed by atoms with Gasteiger partial charge in [0.25, 0.3) is 17.7 Å². The van der Waals surface area contributed by atoms with Crippen molar-refractivity contribution in [3.8, 4) is 23.0 Å². The van der Waals surface area contributed by atoms with Gasteiger partial charge in [0.1, 0.15) is 41.5 Å². The quantitative estimate of drug-likeness (QED) is 0.0953. The van der Waals surface area contributed by atoms with Gasteiger partial charge >= 0.3 is 5.69 Å². The molecule has 0 bridgehead atoms. The van der Waals surface area contributed by atoms with Crippen LogP contribution >= 0.6 is 0 Å². The van der Waals surface area contributed by atoms with Gasteiger partial charge in [-0.25, -0.2) is 18.2 Å². The third kappa shape index (κ3) is 9.40. The van der Waals surface area contributed by atoms with Crippen molar-refractivity contribution in [2.45, 2.75) is 62.3 Å². The minimum Gasteiger partial charge on any atom is -0.485 e. The van der Waals surface area contributed by atoms with Gasteiger partial charge in [0.15, 0.2) is 17.4 Å². The Morgan fingerprint density at radius 1 is 0.857 bits per heavy atom. The normalized spacial score (nSPS) is 15.1. The standard InChI is InChI=1S/C43H45N7O12S/c1-25-45-38(21-47(25)2)63(58,59)24-26-18-32-33(49(4)43(57)48(32)3)20-35(26)62-29-12-8-11-28(19-29)60-23-37(53)44-17-7-5-6-10-27(51)22-61-34-14-9-13-30-39(34)42(56)50(41(30)55)31-15-16-36(52)46-40(31)54/h8-9,11-14,18-21,31H,5-7,10,15-17,22-24H2,1-4H3,(H,44,53)(H,46,52,54). The predicted molar refractivity (Wildman–Crippen MR) is 224 cm³/mol. The van der Waals surface area contributed by atoms with Gasteiger partial charge in [0.05, 0.1) is 27.9 Å². The highest BCUT2D eigenvalue weighted by atomic mass is 32.2. The third-order valence-corrected chi connectivity index (χ3v) is 12.4. The van der Waals surface area contributed by atoms with E-state index in [0.29, 0.717) is 59.7 Å². The summed E-state index contributed by atoms with van der Waals surface area (Å²) in [5, 5.41) is 4.85. The second-order valence-corrected chi connectivity index (χ2v) is 17.3. The molecule has 5 aromatic rings. The number of imidazole rings is 2. The zero-order valence-electron chi connectivity index (χ0n) is 35.0. The summed E-state index contributed by atoms with van der Waals surface area (Å²) in [5.74, 6) is -2.26. The monoisotopic (exact) mass is 883 g/mol. The summed E-state index contributed by atoms with van der Waals surface area (Å²) >= 11 is 0. The molecule has 0 radical (unpaired) electrons. The summed E-state index contributed by atoms with van der Waals surface area (Å²) in [6, 6.07) is 13.0. The summed E-state index contributed by atoms with van der Waals surface area (Å²) < 4.78 is 49.0. The summed E-state index contributed by atoms with van der Waals surface area (Å²) in [6.07, 6.45) is 3.34. The molecule has 19 nitrogen and oxygen atoms in total. The fraction of sp³-hybridized carbons (Fsp3) is 0.349. The van der Waals surface area contributed by atoms with Crippen LogP contribution in [0.25, 0.3) is 11.0 Å². The van der Waals surface area contributed by atoms with Gasteiger partial charge < -0.3 is 24.1 Å². The Kier molecular flexibility index (Phi) is 12.6. The van der Waals surface area contributed by atoms with Gasteiger partial charge in [-0.15, -0.1) is 0 Å². The molecule has 20 heteroatoms. The van der Waals surface area contributed by atoms with Crippen LogP contribution in [0.4, 0.5) is 0 Å². The zero-order chi connectivity index (χ0) is 45.2. The Labute approximate surface area is 360 Å². The fourth-order valence-corrected chi connectivity index (χ4v) is 8.75. The van der Waals surface area contributed by atoms with E-state index >= 15 is 0 Å². The highest BCUT2D eigenvalue weighted by molar-refractivity contribution is 7.90. The van der Waals surface area contributed by atoms with E-state index in [0.717, 1.165) is 4.90 Å². The van der Waals surface area contributed by atoms with Crippen LogP contribution in [0.1, 0.15) is 70.6 Å². The number of hydrogen-bond acceptors (Lipinski definition) is 13. The molecule has 1 fully saturated rings. The molecular weight excluding hydrogens is 839 g/mol. The lowest BCUT2D eigenvalue weighted by Crippen LogP contribution is -2.54. The molecule has 2 aliphatic rings. The van der Waals surface area contributed by atoms with Crippen molar-refractivity contribution >= 4 is 56.2 Å². The van der Waals surface area contributed by atoms with Crippen LogP contribution < -0.4 is 30.5 Å². The number of Topliss-reactive ketones (excluding diaryl/α,β-unsaturated/α-hetero) is 1. The van der Waals surface area contributed by atoms with E-state index in [1.165, 1.54) is 33.5 Å². The molecule has 63 heavy (non-hydrogen) atoms. The van der Waals surface area contributed by atoms with Crippen molar-refractivity contribution in [2.24, 2.45) is 21.1 Å². The van der Waals surface area contributed by atoms with E-state index in [2.05, 4.69) is 15.6 Å². The van der Waals surface area contributed by atoms with Crippen molar-refractivity contribution in [3.63, 3.8) is 0 Å². The maximum absolute atomic E-state index is 13.5. The molecule has 0 spiro atoms. The van der Waals surface area contributed by atoms with Gasteiger partial charge in [0.2, 0.25) is 21.7 Å². The number of amides is 5. The number of benzene rings is 3. The van der Waals surface area contributed by atoms with Crippen LogP contribution in [0.5, 0.6) is 23.0 Å². The molecule has 0 saturated carbocycles. The summed E-state index contributed by atoms with van der Waals surface area (Å²) in [7, 11) is 0.999. The van der Waals surface area contributed by atoms with Gasteiger partial charge in [-0.05, 0) is 56.5 Å². The average Bonchev–Trinajstić information content (AvgIpc) is 3.80. The number of fused-ring (bicyclic) bond motifs is 2. The van der Waals surface area contributed by atoms with E-state index in [1.54, 1.807) is 69.0 Å². The number of ether oxygens (including phenoxy) is 3. The zero-order valence-corrected chi connectivity index (χ0v) is 35.8. The Morgan fingerprint density at radius 2 is 1.59 bits per heavy atom. The topological polar surface area (TPSA) is 236 Å². The number of piperidine rings is 1. The smallest absolute Gasteiger partial charge is 0.328 e. The number of carbonyl (C=O) groups is 6. The van der Waals surface area contributed by atoms with E-state index in [4.69, 9.17) is 14.2 Å². The molecule has 0 aliphatic carbocycles. The second kappa shape index (κ2) is 18.1. The van der Waals surface area contributed by atoms with Crippen LogP contribution in [0, 0.1) is 6.92 Å². The number of unbranched alkanes of at least 4 members (excludes halogenated alkanes) is 2. The summed E-state index contributed by atoms with van der Waals surface area (Å²) in [5.41, 5.74) is 1.09. The molecule has 4 heterocycles. The predicted octanol–water partition coefficient (Wildman–Crippen LogP) is 2.79. The number of ketones is 1. The molecule has 1 unspecified atom stereocenters. The van der Waals surface area contributed by atoms with Crippen LogP contribution in [0.15, 0.2) is 70.6 Å². The van der Waals surface area contributed by atoms with Crippen molar-refractivity contribution in [2.75, 3.05) is 19.8 Å². The number of imide groups is 2. The second-order valence-electron chi connectivity index (χ2n) is 15.3. The maximum Gasteiger partial charge on any atom is 0.328 e. The van der Waals surface area contributed by atoms with E-state index in [9.17, 15) is 42.0 Å². The third-order valence-electron chi connectivity index (χ3n) is 10.9. The van der Waals surface area contributed by atoms with E-state index < -0.39 is 45.3 Å². The Bertz CT molecular complexity index is 2840. The Balaban J connectivity index is 0.863. The lowest BCUT2D eigenvalue weighted by molar-refractivity contribution is -0.136.